The smallest absolute Gasteiger partial charge is 0.193 e. The number of nitrogens with one attached hydrogen (secondary N) is 1. The van der Waals surface area contributed by atoms with Gasteiger partial charge in [0.05, 0.1) is 0 Å². The van der Waals surface area contributed by atoms with E-state index in [4.69, 9.17) is 0 Å². The normalized spacial score (nSPS) is 16.9. The van der Waals surface area contributed by atoms with Crippen molar-refractivity contribution in [1.82, 2.24) is 25.0 Å². The summed E-state index contributed by atoms with van der Waals surface area (Å²) in [6.07, 6.45) is 5.26. The lowest BCUT2D eigenvalue weighted by Gasteiger charge is -2.23. The van der Waals surface area contributed by atoms with E-state index in [0.717, 1.165) is 56.0 Å². The van der Waals surface area contributed by atoms with E-state index < -0.39 is 0 Å². The van der Waals surface area contributed by atoms with Crippen LogP contribution in [0.25, 0.3) is 0 Å². The van der Waals surface area contributed by atoms with Crippen LogP contribution in [-0.2, 0) is 13.0 Å². The molecule has 0 amide bonds. The Morgan fingerprint density at radius 2 is 2.08 bits per heavy atom. The van der Waals surface area contributed by atoms with E-state index in [1.807, 2.05) is 7.05 Å². The molecule has 1 saturated heterocycles. The minimum atomic E-state index is 0. The van der Waals surface area contributed by atoms with Crippen molar-refractivity contribution >= 4 is 41.7 Å². The first-order valence-electron chi connectivity index (χ1n) is 9.28. The molecule has 0 aromatic carbocycles. The van der Waals surface area contributed by atoms with Crippen LogP contribution in [0.3, 0.4) is 0 Å². The molecule has 6 nitrogen and oxygen atoms in total. The topological polar surface area (TPSA) is 58.3 Å². The van der Waals surface area contributed by atoms with E-state index in [9.17, 15) is 0 Å². The van der Waals surface area contributed by atoms with Crippen LogP contribution >= 0.6 is 35.7 Å². The number of hydrogen-bond acceptors (Lipinski definition) is 4. The molecular formula is C18H35IN6S. The Hall–Kier alpha value is -0.510. The predicted octanol–water partition coefficient (Wildman–Crippen LogP) is 3.51. The summed E-state index contributed by atoms with van der Waals surface area (Å²) in [6.45, 7) is 13.2. The predicted molar refractivity (Wildman–Crippen MR) is 122 cm³/mol. The van der Waals surface area contributed by atoms with Gasteiger partial charge in [-0.15, -0.1) is 34.2 Å². The van der Waals surface area contributed by atoms with Gasteiger partial charge in [0.1, 0.15) is 5.82 Å². The number of guanidine groups is 1. The van der Waals surface area contributed by atoms with E-state index in [-0.39, 0.29) is 24.0 Å². The van der Waals surface area contributed by atoms with Gasteiger partial charge in [-0.2, -0.15) is 0 Å². The van der Waals surface area contributed by atoms with Crippen LogP contribution in [0.5, 0.6) is 0 Å². The number of aliphatic imine (C=N–C) groups is 1. The van der Waals surface area contributed by atoms with Gasteiger partial charge in [-0.05, 0) is 30.4 Å². The van der Waals surface area contributed by atoms with Crippen molar-refractivity contribution in [2.75, 3.05) is 32.9 Å². The highest BCUT2D eigenvalue weighted by Crippen LogP contribution is 2.28. The Kier molecular flexibility index (Phi) is 9.71. The number of nitrogens with zero attached hydrogens (tertiary/aromatic N) is 5. The first-order chi connectivity index (χ1) is 11.9. The van der Waals surface area contributed by atoms with Crippen molar-refractivity contribution in [3.05, 3.63) is 5.82 Å². The van der Waals surface area contributed by atoms with Crippen molar-refractivity contribution < 1.29 is 0 Å². The van der Waals surface area contributed by atoms with Crippen LogP contribution in [0.15, 0.2) is 10.1 Å². The zero-order chi connectivity index (χ0) is 18.4. The van der Waals surface area contributed by atoms with Crippen molar-refractivity contribution in [2.24, 2.45) is 16.3 Å². The van der Waals surface area contributed by atoms with E-state index >= 15 is 0 Å². The summed E-state index contributed by atoms with van der Waals surface area (Å²) in [5.74, 6) is 2.72. The molecular weight excluding hydrogens is 459 g/mol. The Bertz CT molecular complexity index is 584. The highest BCUT2D eigenvalue weighted by atomic mass is 127. The highest BCUT2D eigenvalue weighted by Gasteiger charge is 2.30. The number of rotatable bonds is 7. The zero-order valence-electron chi connectivity index (χ0n) is 17.1. The fourth-order valence-corrected chi connectivity index (χ4v) is 3.80. The van der Waals surface area contributed by atoms with E-state index in [2.05, 4.69) is 63.9 Å². The zero-order valence-corrected chi connectivity index (χ0v) is 20.2. The molecule has 0 saturated carbocycles. The number of likely N-dealkylation sites (tertiary alicyclic amines) is 1. The number of thioether (sulfide) groups is 1. The van der Waals surface area contributed by atoms with Gasteiger partial charge >= 0.3 is 0 Å². The molecule has 1 aliphatic heterocycles. The maximum absolute atomic E-state index is 4.45. The average Bonchev–Trinajstić information content (AvgIpc) is 3.10. The minimum absolute atomic E-state index is 0. The summed E-state index contributed by atoms with van der Waals surface area (Å²) in [5.41, 5.74) is 0.388. The quantitative estimate of drug-likeness (QED) is 0.207. The van der Waals surface area contributed by atoms with Crippen molar-refractivity contribution in [1.29, 1.82) is 0 Å². The largest absolute Gasteiger partial charge is 0.356 e. The Morgan fingerprint density at radius 1 is 1.35 bits per heavy atom. The lowest BCUT2D eigenvalue weighted by Crippen LogP contribution is -2.41. The van der Waals surface area contributed by atoms with E-state index in [1.54, 1.807) is 11.8 Å². The molecule has 1 aliphatic rings. The molecule has 1 fully saturated rings. The summed E-state index contributed by atoms with van der Waals surface area (Å²) in [7, 11) is 1.87. The van der Waals surface area contributed by atoms with Gasteiger partial charge in [-0.3, -0.25) is 4.99 Å². The standard InChI is InChI=1S/C18H34N6S.HI/c1-14(2)12-24-15(21-22-17(24)25-6)8-7-10-20-16(19-5)23-11-9-18(3,4)13-23;/h14H,7-13H2,1-6H3,(H,19,20);1H. The fourth-order valence-electron chi connectivity index (χ4n) is 3.28. The molecule has 0 radical (unpaired) electrons. The van der Waals surface area contributed by atoms with Crippen molar-refractivity contribution in [2.45, 2.75) is 58.7 Å². The molecule has 1 aromatic heterocycles. The summed E-state index contributed by atoms with van der Waals surface area (Å²) in [5, 5.41) is 13.3. The first-order valence-corrected chi connectivity index (χ1v) is 10.5. The molecule has 2 rings (SSSR count). The van der Waals surface area contributed by atoms with E-state index in [1.165, 1.54) is 6.42 Å². The number of hydrogen-bond donors (Lipinski definition) is 1. The van der Waals surface area contributed by atoms with Gasteiger partial charge in [0.2, 0.25) is 0 Å². The summed E-state index contributed by atoms with van der Waals surface area (Å²) in [6, 6.07) is 0. The lowest BCUT2D eigenvalue weighted by molar-refractivity contribution is 0.370. The highest BCUT2D eigenvalue weighted by molar-refractivity contribution is 14.0. The second-order valence-corrected chi connectivity index (χ2v) is 8.79. The molecule has 1 N–H and O–H groups in total. The van der Waals surface area contributed by atoms with Crippen LogP contribution in [0.1, 0.15) is 46.4 Å². The molecule has 1 aromatic rings. The van der Waals surface area contributed by atoms with Crippen molar-refractivity contribution in [3.63, 3.8) is 0 Å². The van der Waals surface area contributed by atoms with Crippen LogP contribution in [-0.4, -0.2) is 58.6 Å². The van der Waals surface area contributed by atoms with E-state index in [0.29, 0.717) is 11.3 Å². The molecule has 0 bridgehead atoms. The molecule has 26 heavy (non-hydrogen) atoms. The molecule has 0 unspecified atom stereocenters. The summed E-state index contributed by atoms with van der Waals surface area (Å²) in [4.78, 5) is 6.82. The van der Waals surface area contributed by atoms with Gasteiger partial charge in [0, 0.05) is 39.6 Å². The maximum atomic E-state index is 4.45. The van der Waals surface area contributed by atoms with Gasteiger partial charge in [-0.1, -0.05) is 39.5 Å². The number of aromatic nitrogens is 3. The Morgan fingerprint density at radius 3 is 2.62 bits per heavy atom. The van der Waals surface area contributed by atoms with Gasteiger partial charge in [0.25, 0.3) is 0 Å². The SMILES string of the molecule is CN=C(NCCCc1nnc(SC)n1CC(C)C)N1CCC(C)(C)C1.I. The number of halogens is 1. The molecule has 8 heteroatoms. The molecule has 0 aliphatic carbocycles. The number of aryl methyl sites for hydroxylation is 1. The molecule has 0 atom stereocenters. The fraction of sp³-hybridized carbons (Fsp3) is 0.833. The van der Waals surface area contributed by atoms with Crippen LogP contribution in [0.2, 0.25) is 0 Å². The minimum Gasteiger partial charge on any atom is -0.356 e. The Balaban J connectivity index is 0.00000338. The van der Waals surface area contributed by atoms with Gasteiger partial charge in [-0.25, -0.2) is 0 Å². The average molecular weight is 494 g/mol. The first kappa shape index (κ1) is 23.5. The van der Waals surface area contributed by atoms with Gasteiger partial charge < -0.3 is 14.8 Å². The summed E-state index contributed by atoms with van der Waals surface area (Å²) >= 11 is 1.67. The van der Waals surface area contributed by atoms with Crippen molar-refractivity contribution in [3.8, 4) is 0 Å². The third-order valence-electron chi connectivity index (χ3n) is 4.57. The third-order valence-corrected chi connectivity index (χ3v) is 5.24. The molecule has 0 spiro atoms. The maximum Gasteiger partial charge on any atom is 0.193 e. The summed E-state index contributed by atoms with van der Waals surface area (Å²) < 4.78 is 2.27. The molecule has 150 valence electrons. The van der Waals surface area contributed by atoms with Crippen LogP contribution < -0.4 is 5.32 Å². The Labute approximate surface area is 180 Å². The lowest BCUT2D eigenvalue weighted by atomic mass is 9.93. The second-order valence-electron chi connectivity index (χ2n) is 8.02. The van der Waals surface area contributed by atoms with Crippen LogP contribution in [0.4, 0.5) is 0 Å². The third kappa shape index (κ3) is 6.58. The molecule has 2 heterocycles. The monoisotopic (exact) mass is 494 g/mol. The van der Waals surface area contributed by atoms with Gasteiger partial charge in [0.15, 0.2) is 11.1 Å². The van der Waals surface area contributed by atoms with Crippen LogP contribution in [0, 0.1) is 11.3 Å². The second kappa shape index (κ2) is 10.7.